The Hall–Kier alpha value is -1.68. The van der Waals surface area contributed by atoms with Gasteiger partial charge in [-0.05, 0) is 45.0 Å². The molecule has 2 aromatic rings. The van der Waals surface area contributed by atoms with E-state index < -0.39 is 0 Å². The smallest absolute Gasteiger partial charge is 0.0624 e. The van der Waals surface area contributed by atoms with E-state index in [4.69, 9.17) is 0 Å². The second kappa shape index (κ2) is 6.18. The first-order chi connectivity index (χ1) is 9.55. The van der Waals surface area contributed by atoms with Gasteiger partial charge in [0.1, 0.15) is 0 Å². The van der Waals surface area contributed by atoms with E-state index in [1.807, 2.05) is 25.7 Å². The molecule has 0 radical (unpaired) electrons. The average molecular weight is 272 g/mol. The van der Waals surface area contributed by atoms with E-state index in [-0.39, 0.29) is 6.04 Å². The number of nitrogens with one attached hydrogen (secondary N) is 1. The molecule has 0 aromatic carbocycles. The van der Waals surface area contributed by atoms with E-state index in [1.54, 1.807) is 0 Å². The third kappa shape index (κ3) is 3.07. The van der Waals surface area contributed by atoms with Crippen LogP contribution in [0.3, 0.4) is 0 Å². The number of nitrogens with zero attached hydrogens (tertiary/aromatic N) is 3. The minimum Gasteiger partial charge on any atom is -0.313 e. The summed E-state index contributed by atoms with van der Waals surface area (Å²) < 4.78 is 1.99. The Morgan fingerprint density at radius 3 is 2.60 bits per heavy atom. The van der Waals surface area contributed by atoms with Crippen LogP contribution >= 0.6 is 0 Å². The lowest BCUT2D eigenvalue weighted by Gasteiger charge is -2.18. The van der Waals surface area contributed by atoms with E-state index >= 15 is 0 Å². The molecule has 2 rings (SSSR count). The molecule has 0 saturated heterocycles. The zero-order valence-corrected chi connectivity index (χ0v) is 13.1. The van der Waals surface area contributed by atoms with Crippen molar-refractivity contribution in [3.05, 3.63) is 46.5 Å². The van der Waals surface area contributed by atoms with Gasteiger partial charge in [0, 0.05) is 36.6 Å². The van der Waals surface area contributed by atoms with Crippen LogP contribution in [0, 0.1) is 13.8 Å². The molecule has 2 aromatic heterocycles. The molecule has 20 heavy (non-hydrogen) atoms. The molecule has 0 amide bonds. The van der Waals surface area contributed by atoms with Gasteiger partial charge in [0.2, 0.25) is 0 Å². The molecule has 4 heteroatoms. The molecular formula is C16H24N4. The molecule has 2 heterocycles. The van der Waals surface area contributed by atoms with Crippen molar-refractivity contribution in [2.24, 2.45) is 7.05 Å². The van der Waals surface area contributed by atoms with E-state index in [2.05, 4.69) is 47.4 Å². The summed E-state index contributed by atoms with van der Waals surface area (Å²) >= 11 is 0. The number of aryl methyl sites for hydroxylation is 4. The van der Waals surface area contributed by atoms with Gasteiger partial charge in [0.15, 0.2) is 0 Å². The van der Waals surface area contributed by atoms with Gasteiger partial charge >= 0.3 is 0 Å². The number of rotatable bonds is 5. The zero-order valence-electron chi connectivity index (χ0n) is 13.1. The van der Waals surface area contributed by atoms with Crippen LogP contribution in [-0.4, -0.2) is 21.8 Å². The fourth-order valence-electron chi connectivity index (χ4n) is 2.58. The van der Waals surface area contributed by atoms with E-state index in [9.17, 15) is 0 Å². The molecule has 0 aliphatic heterocycles. The van der Waals surface area contributed by atoms with E-state index in [0.717, 1.165) is 29.9 Å². The monoisotopic (exact) mass is 272 g/mol. The Morgan fingerprint density at radius 1 is 1.30 bits per heavy atom. The number of aromatic nitrogens is 3. The number of hydrogen-bond acceptors (Lipinski definition) is 3. The summed E-state index contributed by atoms with van der Waals surface area (Å²) in [6.45, 7) is 6.24. The molecule has 4 nitrogen and oxygen atoms in total. The molecule has 1 unspecified atom stereocenters. The van der Waals surface area contributed by atoms with Gasteiger partial charge in [-0.3, -0.25) is 9.67 Å². The van der Waals surface area contributed by atoms with Crippen molar-refractivity contribution >= 4 is 0 Å². The summed E-state index contributed by atoms with van der Waals surface area (Å²) in [6, 6.07) is 6.72. The number of hydrogen-bond donors (Lipinski definition) is 1. The third-order valence-electron chi connectivity index (χ3n) is 3.79. The normalized spacial score (nSPS) is 12.7. The summed E-state index contributed by atoms with van der Waals surface area (Å²) in [5.41, 5.74) is 5.83. The maximum absolute atomic E-state index is 4.57. The quantitative estimate of drug-likeness (QED) is 0.909. The first-order valence-corrected chi connectivity index (χ1v) is 7.18. The summed E-state index contributed by atoms with van der Waals surface area (Å²) in [6.07, 6.45) is 1.90. The highest BCUT2D eigenvalue weighted by atomic mass is 15.3. The summed E-state index contributed by atoms with van der Waals surface area (Å²) in [5, 5.41) is 7.92. The average Bonchev–Trinajstić information content (AvgIpc) is 2.77. The van der Waals surface area contributed by atoms with Gasteiger partial charge in [0.25, 0.3) is 0 Å². The predicted octanol–water partition coefficient (Wildman–Crippen LogP) is 2.50. The SMILES string of the molecule is CCc1cc(CC(NC)c2ccc(C)nc2C)n(C)n1. The summed E-state index contributed by atoms with van der Waals surface area (Å²) in [5.74, 6) is 0. The van der Waals surface area contributed by atoms with Crippen molar-refractivity contribution in [2.45, 2.75) is 39.7 Å². The lowest BCUT2D eigenvalue weighted by atomic mass is 10.00. The number of pyridine rings is 1. The van der Waals surface area contributed by atoms with Crippen LogP contribution in [0.5, 0.6) is 0 Å². The van der Waals surface area contributed by atoms with Crippen LogP contribution in [0.1, 0.15) is 41.3 Å². The van der Waals surface area contributed by atoms with Crippen LogP contribution < -0.4 is 5.32 Å². The second-order valence-corrected chi connectivity index (χ2v) is 5.28. The van der Waals surface area contributed by atoms with Gasteiger partial charge in [0.05, 0.1) is 5.69 Å². The highest BCUT2D eigenvalue weighted by Crippen LogP contribution is 2.21. The van der Waals surface area contributed by atoms with E-state index in [1.165, 1.54) is 11.3 Å². The zero-order chi connectivity index (χ0) is 14.7. The van der Waals surface area contributed by atoms with Crippen LogP contribution in [-0.2, 0) is 19.9 Å². The highest BCUT2D eigenvalue weighted by molar-refractivity contribution is 5.27. The van der Waals surface area contributed by atoms with Crippen molar-refractivity contribution in [3.63, 3.8) is 0 Å². The minimum atomic E-state index is 0.267. The third-order valence-corrected chi connectivity index (χ3v) is 3.79. The van der Waals surface area contributed by atoms with Crippen molar-refractivity contribution in [1.82, 2.24) is 20.1 Å². The van der Waals surface area contributed by atoms with Crippen LogP contribution in [0.25, 0.3) is 0 Å². The largest absolute Gasteiger partial charge is 0.313 e. The van der Waals surface area contributed by atoms with Gasteiger partial charge in [-0.1, -0.05) is 13.0 Å². The molecule has 0 aliphatic rings. The topological polar surface area (TPSA) is 42.7 Å². The molecular weight excluding hydrogens is 248 g/mol. The van der Waals surface area contributed by atoms with Crippen molar-refractivity contribution in [3.8, 4) is 0 Å². The minimum absolute atomic E-state index is 0.267. The summed E-state index contributed by atoms with van der Waals surface area (Å²) in [7, 11) is 4.02. The van der Waals surface area contributed by atoms with Gasteiger partial charge in [-0.15, -0.1) is 0 Å². The van der Waals surface area contributed by atoms with Crippen LogP contribution in [0.2, 0.25) is 0 Å². The Bertz CT molecular complexity index is 586. The number of likely N-dealkylation sites (N-methyl/N-ethyl adjacent to an activating group) is 1. The Labute approximate surface area is 121 Å². The molecule has 0 aliphatic carbocycles. The first-order valence-electron chi connectivity index (χ1n) is 7.18. The molecule has 0 bridgehead atoms. The van der Waals surface area contributed by atoms with Gasteiger partial charge in [-0.2, -0.15) is 5.10 Å². The maximum Gasteiger partial charge on any atom is 0.0624 e. The Kier molecular flexibility index (Phi) is 4.55. The molecule has 1 atom stereocenters. The predicted molar refractivity (Wildman–Crippen MR) is 81.8 cm³/mol. The van der Waals surface area contributed by atoms with E-state index in [0.29, 0.717) is 0 Å². The molecule has 108 valence electrons. The van der Waals surface area contributed by atoms with Crippen LogP contribution in [0.4, 0.5) is 0 Å². The lowest BCUT2D eigenvalue weighted by Crippen LogP contribution is -2.21. The summed E-state index contributed by atoms with van der Waals surface area (Å²) in [4.78, 5) is 4.57. The van der Waals surface area contributed by atoms with Crippen molar-refractivity contribution < 1.29 is 0 Å². The highest BCUT2D eigenvalue weighted by Gasteiger charge is 2.16. The van der Waals surface area contributed by atoms with Crippen molar-refractivity contribution in [1.29, 1.82) is 0 Å². The van der Waals surface area contributed by atoms with Crippen LogP contribution in [0.15, 0.2) is 18.2 Å². The fraction of sp³-hybridized carbons (Fsp3) is 0.500. The second-order valence-electron chi connectivity index (χ2n) is 5.28. The van der Waals surface area contributed by atoms with Gasteiger partial charge in [-0.25, -0.2) is 0 Å². The Morgan fingerprint density at radius 2 is 2.05 bits per heavy atom. The molecule has 0 fully saturated rings. The fourth-order valence-corrected chi connectivity index (χ4v) is 2.58. The maximum atomic E-state index is 4.57. The van der Waals surface area contributed by atoms with Gasteiger partial charge < -0.3 is 5.32 Å². The molecule has 0 saturated carbocycles. The lowest BCUT2D eigenvalue weighted by molar-refractivity contribution is 0.556. The molecule has 1 N–H and O–H groups in total. The standard InChI is InChI=1S/C16H24N4/c1-6-13-9-14(20(5)19-13)10-16(17-4)15-8-7-11(2)18-12(15)3/h7-9,16-17H,6,10H2,1-5H3. The first kappa shape index (κ1) is 14.7. The molecule has 0 spiro atoms. The van der Waals surface area contributed by atoms with Crippen molar-refractivity contribution in [2.75, 3.05) is 7.05 Å². The Balaban J connectivity index is 2.26.